The van der Waals surface area contributed by atoms with Crippen molar-refractivity contribution in [2.24, 2.45) is 0 Å². The van der Waals surface area contributed by atoms with Gasteiger partial charge in [0.05, 0.1) is 10.7 Å². The number of para-hydroxylation sites is 1. The van der Waals surface area contributed by atoms with Gasteiger partial charge in [0.15, 0.2) is 0 Å². The first kappa shape index (κ1) is 14.2. The molecule has 0 aromatic heterocycles. The highest BCUT2D eigenvalue weighted by molar-refractivity contribution is 6.33. The second-order valence-corrected chi connectivity index (χ2v) is 3.90. The van der Waals surface area contributed by atoms with Crippen LogP contribution in [0.1, 0.15) is 13.3 Å². The van der Waals surface area contributed by atoms with Gasteiger partial charge in [-0.3, -0.25) is 0 Å². The Bertz CT molecular complexity index is 447. The summed E-state index contributed by atoms with van der Waals surface area (Å²) in [5.74, 6) is -1.85. The molecule has 18 heavy (non-hydrogen) atoms. The van der Waals surface area contributed by atoms with Crippen molar-refractivity contribution in [1.29, 1.82) is 0 Å². The van der Waals surface area contributed by atoms with E-state index in [9.17, 15) is 14.0 Å². The van der Waals surface area contributed by atoms with Crippen LogP contribution in [-0.2, 0) is 4.79 Å². The van der Waals surface area contributed by atoms with Gasteiger partial charge in [0.1, 0.15) is 11.9 Å². The van der Waals surface area contributed by atoms with E-state index < -0.39 is 23.9 Å². The number of urea groups is 1. The molecule has 3 N–H and O–H groups in total. The minimum Gasteiger partial charge on any atom is -0.480 e. The molecule has 0 saturated carbocycles. The van der Waals surface area contributed by atoms with Gasteiger partial charge < -0.3 is 15.7 Å². The predicted molar refractivity (Wildman–Crippen MR) is 65.3 cm³/mol. The maximum Gasteiger partial charge on any atom is 0.326 e. The molecule has 1 rings (SSSR count). The molecule has 7 heteroatoms. The number of carboxylic acid groups (broad SMARTS) is 1. The first-order chi connectivity index (χ1) is 8.45. The molecule has 0 bridgehead atoms. The third kappa shape index (κ3) is 3.59. The van der Waals surface area contributed by atoms with Gasteiger partial charge >= 0.3 is 12.0 Å². The number of amides is 2. The third-order valence-corrected chi connectivity index (χ3v) is 2.53. The zero-order valence-corrected chi connectivity index (χ0v) is 10.3. The number of carbonyl (C=O) groups excluding carboxylic acids is 1. The number of rotatable bonds is 4. The van der Waals surface area contributed by atoms with Crippen molar-refractivity contribution in [3.05, 3.63) is 29.0 Å². The molecule has 0 radical (unpaired) electrons. The van der Waals surface area contributed by atoms with E-state index in [1.165, 1.54) is 12.1 Å². The summed E-state index contributed by atoms with van der Waals surface area (Å²) < 4.78 is 13.3. The minimum absolute atomic E-state index is 0.0357. The number of carboxylic acids is 1. The van der Waals surface area contributed by atoms with Crippen LogP contribution in [-0.4, -0.2) is 23.1 Å². The fraction of sp³-hybridized carbons (Fsp3) is 0.273. The third-order valence-electron chi connectivity index (χ3n) is 2.21. The largest absolute Gasteiger partial charge is 0.480 e. The number of aliphatic carboxylic acids is 1. The molecule has 0 aliphatic heterocycles. The van der Waals surface area contributed by atoms with Gasteiger partial charge in [-0.05, 0) is 18.6 Å². The lowest BCUT2D eigenvalue weighted by molar-refractivity contribution is -0.139. The molecule has 0 aliphatic rings. The second kappa shape index (κ2) is 6.20. The summed E-state index contributed by atoms with van der Waals surface area (Å²) in [6, 6.07) is 2.09. The molecule has 5 nitrogen and oxygen atoms in total. The monoisotopic (exact) mass is 274 g/mol. The highest BCUT2D eigenvalue weighted by Crippen LogP contribution is 2.24. The molecule has 0 heterocycles. The number of nitrogens with one attached hydrogen (secondary N) is 2. The zero-order valence-electron chi connectivity index (χ0n) is 9.54. The molecule has 2 amide bonds. The highest BCUT2D eigenvalue weighted by Gasteiger charge is 2.18. The SMILES string of the molecule is CC[C@@H](NC(=O)Nc1c(F)cccc1Cl)C(=O)O. The van der Waals surface area contributed by atoms with Gasteiger partial charge in [-0.15, -0.1) is 0 Å². The van der Waals surface area contributed by atoms with Crippen LogP contribution in [0, 0.1) is 5.82 Å². The summed E-state index contributed by atoms with van der Waals surface area (Å²) in [6.07, 6.45) is 0.216. The van der Waals surface area contributed by atoms with E-state index in [4.69, 9.17) is 16.7 Å². The Hall–Kier alpha value is -1.82. The molecule has 0 spiro atoms. The second-order valence-electron chi connectivity index (χ2n) is 3.49. The van der Waals surface area contributed by atoms with E-state index in [1.807, 2.05) is 0 Å². The summed E-state index contributed by atoms with van der Waals surface area (Å²) >= 11 is 5.71. The standard InChI is InChI=1S/C11H12ClFN2O3/c1-2-8(10(16)17)14-11(18)15-9-6(12)4-3-5-7(9)13/h3-5,8H,2H2,1H3,(H,16,17)(H2,14,15,18)/t8-/m1/s1. The van der Waals surface area contributed by atoms with Crippen molar-refractivity contribution in [3.63, 3.8) is 0 Å². The molecule has 98 valence electrons. The van der Waals surface area contributed by atoms with E-state index >= 15 is 0 Å². The fourth-order valence-electron chi connectivity index (χ4n) is 1.26. The molecule has 1 aromatic carbocycles. The Kier molecular flexibility index (Phi) is 4.91. The Balaban J connectivity index is 2.73. The lowest BCUT2D eigenvalue weighted by atomic mass is 10.2. The lowest BCUT2D eigenvalue weighted by Crippen LogP contribution is -2.42. The molecule has 0 fully saturated rings. The molecular formula is C11H12ClFN2O3. The quantitative estimate of drug-likeness (QED) is 0.789. The van der Waals surface area contributed by atoms with Crippen molar-refractivity contribution in [2.45, 2.75) is 19.4 Å². The maximum absolute atomic E-state index is 13.3. The van der Waals surface area contributed by atoms with Crippen LogP contribution in [0.25, 0.3) is 0 Å². The van der Waals surface area contributed by atoms with E-state index in [0.717, 1.165) is 6.07 Å². The number of hydrogen-bond donors (Lipinski definition) is 3. The van der Waals surface area contributed by atoms with Crippen LogP contribution in [0.15, 0.2) is 18.2 Å². The minimum atomic E-state index is -1.16. The molecule has 0 aliphatic carbocycles. The Morgan fingerprint density at radius 3 is 2.67 bits per heavy atom. The van der Waals surface area contributed by atoms with Crippen molar-refractivity contribution in [3.8, 4) is 0 Å². The van der Waals surface area contributed by atoms with Crippen molar-refractivity contribution in [2.75, 3.05) is 5.32 Å². The smallest absolute Gasteiger partial charge is 0.326 e. The van der Waals surface area contributed by atoms with Crippen molar-refractivity contribution >= 4 is 29.3 Å². The summed E-state index contributed by atoms with van der Waals surface area (Å²) in [4.78, 5) is 22.2. The highest BCUT2D eigenvalue weighted by atomic mass is 35.5. The van der Waals surface area contributed by atoms with Crippen molar-refractivity contribution < 1.29 is 19.1 Å². The number of hydrogen-bond acceptors (Lipinski definition) is 2. The van der Waals surface area contributed by atoms with Crippen molar-refractivity contribution in [1.82, 2.24) is 5.32 Å². The van der Waals surface area contributed by atoms with Crippen LogP contribution in [0.3, 0.4) is 0 Å². The number of benzene rings is 1. The van der Waals surface area contributed by atoms with Crippen LogP contribution in [0.2, 0.25) is 5.02 Å². The van der Waals surface area contributed by atoms with Gasteiger partial charge in [-0.25, -0.2) is 14.0 Å². The van der Waals surface area contributed by atoms with Gasteiger partial charge in [0.25, 0.3) is 0 Å². The first-order valence-electron chi connectivity index (χ1n) is 5.20. The lowest BCUT2D eigenvalue weighted by Gasteiger charge is -2.14. The molecule has 0 unspecified atom stereocenters. The number of carbonyl (C=O) groups is 2. The normalized spacial score (nSPS) is 11.7. The van der Waals surface area contributed by atoms with E-state index in [0.29, 0.717) is 0 Å². The van der Waals surface area contributed by atoms with Gasteiger partial charge in [0.2, 0.25) is 0 Å². The Morgan fingerprint density at radius 1 is 1.50 bits per heavy atom. The number of halogens is 2. The van der Waals surface area contributed by atoms with E-state index in [1.54, 1.807) is 6.92 Å². The molecular weight excluding hydrogens is 263 g/mol. The summed E-state index contributed by atoms with van der Waals surface area (Å²) in [6.45, 7) is 1.61. The van der Waals surface area contributed by atoms with Gasteiger partial charge in [-0.2, -0.15) is 0 Å². The summed E-state index contributed by atoms with van der Waals surface area (Å²) in [7, 11) is 0. The topological polar surface area (TPSA) is 78.4 Å². The van der Waals surface area contributed by atoms with Crippen LogP contribution < -0.4 is 10.6 Å². The molecule has 1 aromatic rings. The summed E-state index contributed by atoms with van der Waals surface area (Å²) in [5, 5.41) is 13.2. The Labute approximate surface area is 108 Å². The van der Waals surface area contributed by atoms with E-state index in [2.05, 4.69) is 10.6 Å². The first-order valence-corrected chi connectivity index (χ1v) is 5.57. The fourth-order valence-corrected chi connectivity index (χ4v) is 1.47. The number of anilines is 1. The van der Waals surface area contributed by atoms with Gasteiger partial charge in [-0.1, -0.05) is 24.6 Å². The van der Waals surface area contributed by atoms with Crippen LogP contribution >= 0.6 is 11.6 Å². The molecule has 1 atom stereocenters. The molecule has 0 saturated heterocycles. The van der Waals surface area contributed by atoms with Gasteiger partial charge in [0, 0.05) is 0 Å². The summed E-state index contributed by atoms with van der Waals surface area (Å²) in [5.41, 5.74) is -0.183. The average molecular weight is 275 g/mol. The zero-order chi connectivity index (χ0) is 13.7. The van der Waals surface area contributed by atoms with Crippen LogP contribution in [0.5, 0.6) is 0 Å². The average Bonchev–Trinajstić information content (AvgIpc) is 2.30. The van der Waals surface area contributed by atoms with E-state index in [-0.39, 0.29) is 17.1 Å². The Morgan fingerprint density at radius 2 is 2.17 bits per heavy atom. The predicted octanol–water partition coefficient (Wildman–Crippen LogP) is 2.46. The van der Waals surface area contributed by atoms with Crippen LogP contribution in [0.4, 0.5) is 14.9 Å². The maximum atomic E-state index is 13.3.